The largest absolute Gasteiger partial charge is 0.392 e. The zero-order valence-electron chi connectivity index (χ0n) is 10.3. The van der Waals surface area contributed by atoms with Gasteiger partial charge in [0.1, 0.15) is 5.82 Å². The van der Waals surface area contributed by atoms with Crippen LogP contribution in [0.3, 0.4) is 0 Å². The summed E-state index contributed by atoms with van der Waals surface area (Å²) in [5.74, 6) is -1.50. The summed E-state index contributed by atoms with van der Waals surface area (Å²) in [5, 5.41) is 17.5. The number of hydrogen-bond acceptors (Lipinski definition) is 2. The van der Waals surface area contributed by atoms with Crippen molar-refractivity contribution in [2.24, 2.45) is 0 Å². The molecule has 1 N–H and O–H groups in total. The minimum atomic E-state index is -3.17. The third-order valence-electron chi connectivity index (χ3n) is 0.990. The van der Waals surface area contributed by atoms with E-state index in [0.717, 1.165) is 0 Å². The third kappa shape index (κ3) is 1.54. The Bertz CT molecular complexity index is 462. The third-order valence-corrected chi connectivity index (χ3v) is 0.990. The van der Waals surface area contributed by atoms with E-state index in [4.69, 9.17) is 17.2 Å². The fraction of sp³-hybridized carbons (Fsp3) is 0.125. The fourth-order valence-electron chi connectivity index (χ4n) is 0.516. The highest BCUT2D eigenvalue weighted by Gasteiger charge is 2.00. The zero-order chi connectivity index (χ0) is 12.7. The molecule has 1 aromatic rings. The van der Waals surface area contributed by atoms with E-state index >= 15 is 0 Å². The second-order valence-electron chi connectivity index (χ2n) is 1.66. The van der Waals surface area contributed by atoms with Crippen molar-refractivity contribution < 1.29 is 16.4 Å². The maximum atomic E-state index is 13.4. The van der Waals surface area contributed by atoms with Crippen LogP contribution in [0.25, 0.3) is 0 Å². The Morgan fingerprint density at radius 3 is 3.09 bits per heavy atom. The van der Waals surface area contributed by atoms with Gasteiger partial charge in [0.05, 0.1) is 25.0 Å². The Morgan fingerprint density at radius 1 is 1.82 bits per heavy atom. The lowest BCUT2D eigenvalue weighted by molar-refractivity contribution is 0.275. The second kappa shape index (κ2) is 3.13. The molecule has 11 heavy (non-hydrogen) atoms. The average molecular weight is 156 g/mol. The van der Waals surface area contributed by atoms with Gasteiger partial charge in [-0.15, -0.1) is 0 Å². The molecule has 0 radical (unpaired) electrons. The SMILES string of the molecule is [2H]c1c([2H])c(C([2H])([2H])O)c(F)c([2H])c1C#N. The van der Waals surface area contributed by atoms with Crippen LogP contribution in [0.1, 0.15) is 18.0 Å². The number of halogens is 1. The molecule has 0 saturated heterocycles. The second-order valence-corrected chi connectivity index (χ2v) is 1.66. The topological polar surface area (TPSA) is 44.0 Å². The maximum absolute atomic E-state index is 13.4. The van der Waals surface area contributed by atoms with Crippen LogP contribution in [0, 0.1) is 17.1 Å². The van der Waals surface area contributed by atoms with Crippen molar-refractivity contribution >= 4 is 0 Å². The van der Waals surface area contributed by atoms with E-state index < -0.39 is 41.6 Å². The van der Waals surface area contributed by atoms with Crippen molar-refractivity contribution in [1.29, 1.82) is 5.26 Å². The van der Waals surface area contributed by atoms with Crippen molar-refractivity contribution in [2.75, 3.05) is 0 Å². The summed E-state index contributed by atoms with van der Waals surface area (Å²) < 4.78 is 48.9. The molecule has 0 spiro atoms. The Kier molecular flexibility index (Phi) is 0.947. The van der Waals surface area contributed by atoms with Crippen LogP contribution in [-0.4, -0.2) is 5.11 Å². The monoisotopic (exact) mass is 156 g/mol. The minimum Gasteiger partial charge on any atom is -0.392 e. The van der Waals surface area contributed by atoms with Gasteiger partial charge in [-0.25, -0.2) is 4.39 Å². The molecule has 0 fully saturated rings. The highest BCUT2D eigenvalue weighted by Crippen LogP contribution is 2.08. The average Bonchev–Trinajstić information content (AvgIpc) is 2.14. The number of benzene rings is 1. The van der Waals surface area contributed by atoms with E-state index in [1.165, 1.54) is 6.07 Å². The summed E-state index contributed by atoms with van der Waals surface area (Å²) in [4.78, 5) is 0. The number of nitrogens with zero attached hydrogens (tertiary/aromatic N) is 1. The van der Waals surface area contributed by atoms with Gasteiger partial charge in [0, 0.05) is 5.56 Å². The van der Waals surface area contributed by atoms with E-state index in [9.17, 15) is 4.39 Å². The van der Waals surface area contributed by atoms with E-state index in [2.05, 4.69) is 0 Å². The molecule has 0 unspecified atom stereocenters. The molecule has 1 rings (SSSR count). The predicted molar refractivity (Wildman–Crippen MR) is 37.0 cm³/mol. The van der Waals surface area contributed by atoms with Gasteiger partial charge in [-0.1, -0.05) is 6.04 Å². The molecule has 0 aromatic heterocycles. The predicted octanol–water partition coefficient (Wildman–Crippen LogP) is 1.19. The first-order valence-electron chi connectivity index (χ1n) is 5.14. The normalized spacial score (nSPS) is 17.0. The highest BCUT2D eigenvalue weighted by molar-refractivity contribution is 5.32. The summed E-state index contributed by atoms with van der Waals surface area (Å²) >= 11 is 0. The summed E-state index contributed by atoms with van der Waals surface area (Å²) in [6.45, 7) is -3.17. The molecule has 0 aliphatic heterocycles. The first-order chi connectivity index (χ1) is 7.21. The summed E-state index contributed by atoms with van der Waals surface area (Å²) in [6, 6.07) is -1.31. The first kappa shape index (κ1) is 3.33. The molecule has 0 amide bonds. The standard InChI is InChI=1S/C8H6FNO/c9-8-3-6(4-10)1-2-7(8)5-11/h1-3,11H,5H2/i1D,2D,3D,5D2. The van der Waals surface area contributed by atoms with Crippen LogP contribution in [0.2, 0.25) is 0 Å². The lowest BCUT2D eigenvalue weighted by Gasteiger charge is -1.96. The lowest BCUT2D eigenvalue weighted by atomic mass is 10.1. The number of hydrogen-bond donors (Lipinski definition) is 1. The number of rotatable bonds is 1. The van der Waals surface area contributed by atoms with Crippen LogP contribution in [0.15, 0.2) is 18.1 Å². The van der Waals surface area contributed by atoms with Crippen LogP contribution < -0.4 is 0 Å². The van der Waals surface area contributed by atoms with Crippen LogP contribution in [0.5, 0.6) is 0 Å². The van der Waals surface area contributed by atoms with Crippen molar-refractivity contribution in [3.05, 3.63) is 35.1 Å². The molecule has 0 aliphatic rings. The van der Waals surface area contributed by atoms with Gasteiger partial charge in [-0.3, -0.25) is 0 Å². The fourth-order valence-corrected chi connectivity index (χ4v) is 0.516. The van der Waals surface area contributed by atoms with Crippen LogP contribution in [0.4, 0.5) is 4.39 Å². The maximum Gasteiger partial charge on any atom is 0.130 e. The summed E-state index contributed by atoms with van der Waals surface area (Å²) in [5.41, 5.74) is -1.75. The highest BCUT2D eigenvalue weighted by atomic mass is 19.1. The van der Waals surface area contributed by atoms with Gasteiger partial charge >= 0.3 is 0 Å². The molecular weight excluding hydrogens is 145 g/mol. The van der Waals surface area contributed by atoms with Crippen molar-refractivity contribution in [3.63, 3.8) is 0 Å². The van der Waals surface area contributed by atoms with Gasteiger partial charge in [-0.2, -0.15) is 5.26 Å². The molecule has 0 bridgehead atoms. The molecule has 1 aromatic carbocycles. The molecule has 0 atom stereocenters. The summed E-state index contributed by atoms with van der Waals surface area (Å²) in [7, 11) is 0. The molecule has 56 valence electrons. The Morgan fingerprint density at radius 2 is 2.55 bits per heavy atom. The number of aliphatic hydroxyl groups is 1. The van der Waals surface area contributed by atoms with Gasteiger partial charge in [0.15, 0.2) is 0 Å². The van der Waals surface area contributed by atoms with E-state index in [1.54, 1.807) is 0 Å². The first-order valence-corrected chi connectivity index (χ1v) is 2.64. The molecule has 0 saturated carbocycles. The van der Waals surface area contributed by atoms with Gasteiger partial charge < -0.3 is 5.11 Å². The van der Waals surface area contributed by atoms with Gasteiger partial charge in [-0.05, 0) is 12.1 Å². The van der Waals surface area contributed by atoms with Crippen LogP contribution in [-0.2, 0) is 6.56 Å². The number of nitriles is 1. The lowest BCUT2D eigenvalue weighted by Crippen LogP contribution is -1.89. The van der Waals surface area contributed by atoms with E-state index in [1.807, 2.05) is 0 Å². The zero-order valence-corrected chi connectivity index (χ0v) is 5.27. The smallest absolute Gasteiger partial charge is 0.130 e. The molecule has 2 nitrogen and oxygen atoms in total. The summed E-state index contributed by atoms with van der Waals surface area (Å²) in [6.07, 6.45) is 0. The Balaban J connectivity index is 3.76. The quantitative estimate of drug-likeness (QED) is 0.663. The van der Waals surface area contributed by atoms with E-state index in [0.29, 0.717) is 0 Å². The van der Waals surface area contributed by atoms with Crippen molar-refractivity contribution in [3.8, 4) is 6.07 Å². The van der Waals surface area contributed by atoms with Gasteiger partial charge in [0.2, 0.25) is 0 Å². The van der Waals surface area contributed by atoms with Gasteiger partial charge in [0.25, 0.3) is 0 Å². The molecule has 0 heterocycles. The minimum absolute atomic E-state index is 0.657. The van der Waals surface area contributed by atoms with Crippen LogP contribution >= 0.6 is 0 Å². The van der Waals surface area contributed by atoms with E-state index in [-0.39, 0.29) is 0 Å². The van der Waals surface area contributed by atoms with Crippen molar-refractivity contribution in [1.82, 2.24) is 0 Å². The molecule has 0 aliphatic carbocycles. The Hall–Kier alpha value is -1.40. The molecular formula is C8H6FNO. The van der Waals surface area contributed by atoms with Crippen molar-refractivity contribution in [2.45, 2.75) is 6.56 Å². The Labute approximate surface area is 70.5 Å². The molecule has 3 heteroatoms.